The van der Waals surface area contributed by atoms with Crippen LogP contribution in [0, 0.1) is 0 Å². The minimum absolute atomic E-state index is 0.201. The van der Waals surface area contributed by atoms with E-state index in [1.807, 2.05) is 0 Å². The summed E-state index contributed by atoms with van der Waals surface area (Å²) in [6.45, 7) is 1.92. The van der Waals surface area contributed by atoms with E-state index in [2.05, 4.69) is 5.10 Å². The molecule has 0 spiro atoms. The zero-order chi connectivity index (χ0) is 11.9. The van der Waals surface area contributed by atoms with Crippen LogP contribution in [0.25, 0.3) is 0 Å². The number of nitrogens with zero attached hydrogens (tertiary/aromatic N) is 3. The molecule has 0 saturated heterocycles. The average molecular weight is 221 g/mol. The van der Waals surface area contributed by atoms with Crippen LogP contribution >= 0.6 is 0 Å². The second kappa shape index (κ2) is 3.26. The number of carbonyl (C=O) groups excluding carboxylic acids is 3. The normalized spacial score (nSPS) is 24.1. The van der Waals surface area contributed by atoms with Gasteiger partial charge in [0.2, 0.25) is 0 Å². The van der Waals surface area contributed by atoms with Gasteiger partial charge in [-0.05, 0) is 13.0 Å². The molecule has 1 aromatic rings. The predicted octanol–water partition coefficient (Wildman–Crippen LogP) is -0.261. The van der Waals surface area contributed by atoms with E-state index in [0.29, 0.717) is 12.0 Å². The Bertz CT molecular complexity index is 480. The van der Waals surface area contributed by atoms with Crippen molar-refractivity contribution in [3.63, 3.8) is 0 Å². The summed E-state index contributed by atoms with van der Waals surface area (Å²) < 4.78 is 1.40. The molecule has 0 bridgehead atoms. The van der Waals surface area contributed by atoms with Crippen LogP contribution in [0.1, 0.15) is 27.9 Å². The van der Waals surface area contributed by atoms with E-state index in [1.54, 1.807) is 14.0 Å². The molecule has 2 heterocycles. The highest BCUT2D eigenvalue weighted by molar-refractivity contribution is 5.97. The first-order chi connectivity index (χ1) is 7.51. The fraction of sp³-hybridized carbons (Fsp3) is 0.400. The van der Waals surface area contributed by atoms with E-state index in [9.17, 15) is 14.4 Å². The summed E-state index contributed by atoms with van der Waals surface area (Å²) in [6.07, 6.45) is 1.30. The van der Waals surface area contributed by atoms with Crippen molar-refractivity contribution in [3.05, 3.63) is 17.5 Å². The average Bonchev–Trinajstić information content (AvgIpc) is 2.69. The van der Waals surface area contributed by atoms with Gasteiger partial charge in [0.25, 0.3) is 5.91 Å². The molecule has 0 N–H and O–H groups in total. The molecule has 6 heteroatoms. The van der Waals surface area contributed by atoms with Crippen LogP contribution in [-0.2, 0) is 11.3 Å². The highest BCUT2D eigenvalue weighted by Gasteiger charge is 2.40. The molecule has 1 aliphatic rings. The Morgan fingerprint density at radius 2 is 2.19 bits per heavy atom. The second-order valence-corrected chi connectivity index (χ2v) is 4.07. The number of aldehydes is 2. The summed E-state index contributed by atoms with van der Waals surface area (Å²) in [5, 5.41) is 3.94. The highest BCUT2D eigenvalue weighted by Crippen LogP contribution is 2.23. The molecule has 1 aromatic heterocycles. The van der Waals surface area contributed by atoms with Gasteiger partial charge in [-0.1, -0.05) is 0 Å². The van der Waals surface area contributed by atoms with Crippen molar-refractivity contribution in [2.45, 2.75) is 19.0 Å². The van der Waals surface area contributed by atoms with Crippen LogP contribution < -0.4 is 0 Å². The van der Waals surface area contributed by atoms with Gasteiger partial charge in [-0.3, -0.25) is 14.3 Å². The standard InChI is InChI=1S/C10H11N3O3/c1-10(6-15)5-13-8(9(16)12(10)2)3-7(4-14)11-13/h3-4,6H,5H2,1-2H3. The summed E-state index contributed by atoms with van der Waals surface area (Å²) in [7, 11) is 1.56. The molecule has 2 rings (SSSR count). The van der Waals surface area contributed by atoms with Crippen molar-refractivity contribution < 1.29 is 14.4 Å². The van der Waals surface area contributed by atoms with Crippen LogP contribution in [0.15, 0.2) is 6.07 Å². The Morgan fingerprint density at radius 1 is 1.50 bits per heavy atom. The lowest BCUT2D eigenvalue weighted by Gasteiger charge is -2.38. The number of fused-ring (bicyclic) bond motifs is 1. The van der Waals surface area contributed by atoms with Crippen LogP contribution in [0.3, 0.4) is 0 Å². The van der Waals surface area contributed by atoms with Crippen molar-refractivity contribution in [3.8, 4) is 0 Å². The molecule has 16 heavy (non-hydrogen) atoms. The minimum atomic E-state index is -0.906. The fourth-order valence-corrected chi connectivity index (χ4v) is 1.72. The first-order valence-electron chi connectivity index (χ1n) is 4.79. The summed E-state index contributed by atoms with van der Waals surface area (Å²) in [4.78, 5) is 34.9. The number of hydrogen-bond donors (Lipinski definition) is 0. The zero-order valence-corrected chi connectivity index (χ0v) is 9.01. The zero-order valence-electron chi connectivity index (χ0n) is 9.01. The first kappa shape index (κ1) is 10.5. The van der Waals surface area contributed by atoms with Gasteiger partial charge >= 0.3 is 0 Å². The van der Waals surface area contributed by atoms with Gasteiger partial charge in [-0.25, -0.2) is 0 Å². The van der Waals surface area contributed by atoms with Gasteiger partial charge in [0, 0.05) is 7.05 Å². The molecular weight excluding hydrogens is 210 g/mol. The fourth-order valence-electron chi connectivity index (χ4n) is 1.72. The Morgan fingerprint density at radius 3 is 2.75 bits per heavy atom. The molecule has 0 radical (unpaired) electrons. The maximum atomic E-state index is 11.9. The molecule has 6 nitrogen and oxygen atoms in total. The number of hydrogen-bond acceptors (Lipinski definition) is 4. The third-order valence-corrected chi connectivity index (χ3v) is 2.93. The molecule has 0 saturated carbocycles. The maximum absolute atomic E-state index is 11.9. The largest absolute Gasteiger partial charge is 0.326 e. The Balaban J connectivity index is 2.54. The molecule has 1 unspecified atom stereocenters. The van der Waals surface area contributed by atoms with E-state index in [-0.39, 0.29) is 18.1 Å². The SMILES string of the molecule is CN1C(=O)c2cc(C=O)nn2CC1(C)C=O. The molecule has 0 aliphatic carbocycles. The van der Waals surface area contributed by atoms with Crippen molar-refractivity contribution >= 4 is 18.5 Å². The predicted molar refractivity (Wildman–Crippen MR) is 54.2 cm³/mol. The third-order valence-electron chi connectivity index (χ3n) is 2.93. The molecule has 1 amide bonds. The van der Waals surface area contributed by atoms with Crippen molar-refractivity contribution in [2.75, 3.05) is 7.05 Å². The molecule has 84 valence electrons. The summed E-state index contributed by atoms with van der Waals surface area (Å²) in [5.41, 5.74) is -0.369. The van der Waals surface area contributed by atoms with Crippen LogP contribution in [0.4, 0.5) is 0 Å². The van der Waals surface area contributed by atoms with Crippen LogP contribution in [-0.4, -0.2) is 45.7 Å². The molecule has 0 aromatic carbocycles. The van der Waals surface area contributed by atoms with Gasteiger partial charge < -0.3 is 9.69 Å². The van der Waals surface area contributed by atoms with Crippen molar-refractivity contribution in [2.24, 2.45) is 0 Å². The third kappa shape index (κ3) is 1.26. The number of carbonyl (C=O) groups is 3. The van der Waals surface area contributed by atoms with Gasteiger partial charge in [-0.2, -0.15) is 5.10 Å². The summed E-state index contributed by atoms with van der Waals surface area (Å²) in [5.74, 6) is -0.304. The second-order valence-electron chi connectivity index (χ2n) is 4.07. The topological polar surface area (TPSA) is 72.3 Å². The van der Waals surface area contributed by atoms with E-state index in [0.717, 1.165) is 6.29 Å². The van der Waals surface area contributed by atoms with Crippen LogP contribution in [0.2, 0.25) is 0 Å². The van der Waals surface area contributed by atoms with Gasteiger partial charge in [-0.15, -0.1) is 0 Å². The lowest BCUT2D eigenvalue weighted by atomic mass is 9.99. The smallest absolute Gasteiger partial charge is 0.272 e. The van der Waals surface area contributed by atoms with E-state index in [1.165, 1.54) is 15.6 Å². The Labute approximate surface area is 91.8 Å². The monoisotopic (exact) mass is 221 g/mol. The molecule has 1 aliphatic heterocycles. The van der Waals surface area contributed by atoms with E-state index in [4.69, 9.17) is 0 Å². The lowest BCUT2D eigenvalue weighted by Crippen LogP contribution is -2.55. The maximum Gasteiger partial charge on any atom is 0.272 e. The van der Waals surface area contributed by atoms with Crippen molar-refractivity contribution in [1.82, 2.24) is 14.7 Å². The quantitative estimate of drug-likeness (QED) is 0.645. The number of rotatable bonds is 2. The van der Waals surface area contributed by atoms with Crippen LogP contribution in [0.5, 0.6) is 0 Å². The minimum Gasteiger partial charge on any atom is -0.326 e. The molecule has 0 fully saturated rings. The van der Waals surface area contributed by atoms with Gasteiger partial charge in [0.1, 0.15) is 23.2 Å². The summed E-state index contributed by atoms with van der Waals surface area (Å²) in [6, 6.07) is 1.43. The first-order valence-corrected chi connectivity index (χ1v) is 4.79. The summed E-state index contributed by atoms with van der Waals surface area (Å²) >= 11 is 0. The number of likely N-dealkylation sites (N-methyl/N-ethyl adjacent to an activating group) is 1. The molecular formula is C10H11N3O3. The number of amides is 1. The molecule has 1 atom stereocenters. The lowest BCUT2D eigenvalue weighted by molar-refractivity contribution is -0.117. The van der Waals surface area contributed by atoms with E-state index < -0.39 is 5.54 Å². The highest BCUT2D eigenvalue weighted by atomic mass is 16.2. The van der Waals surface area contributed by atoms with E-state index >= 15 is 0 Å². The van der Waals surface area contributed by atoms with Crippen molar-refractivity contribution in [1.29, 1.82) is 0 Å². The van der Waals surface area contributed by atoms with Gasteiger partial charge in [0.05, 0.1) is 6.54 Å². The Hall–Kier alpha value is -1.98. The number of aromatic nitrogens is 2. The van der Waals surface area contributed by atoms with Gasteiger partial charge in [0.15, 0.2) is 6.29 Å². The Kier molecular flexibility index (Phi) is 2.15.